The number of carbonyl (C=O) groups excluding carboxylic acids is 1. The van der Waals surface area contributed by atoms with Crippen LogP contribution in [0.2, 0.25) is 0 Å². The van der Waals surface area contributed by atoms with Crippen molar-refractivity contribution in [2.75, 3.05) is 7.11 Å². The lowest BCUT2D eigenvalue weighted by Gasteiger charge is -2.03. The Balaban J connectivity index is 1.83. The second kappa shape index (κ2) is 7.71. The van der Waals surface area contributed by atoms with Gasteiger partial charge in [-0.15, -0.1) is 0 Å². The largest absolute Gasteiger partial charge is 0.496 e. The molecule has 0 spiro atoms. The van der Waals surface area contributed by atoms with Gasteiger partial charge in [-0.3, -0.25) is 4.79 Å². The summed E-state index contributed by atoms with van der Waals surface area (Å²) in [6.45, 7) is 0. The standard InChI is InChI=1S/C17H12BrIN2O2S/c1-23-14-6-5-10(7-13(14)19)8-15-16(22)21-17(24-15)20-12-4-2-3-11(18)9-12/h2-9H,1H3,(H,20,21,22). The summed E-state index contributed by atoms with van der Waals surface area (Å²) in [4.78, 5) is 17.2. The number of ether oxygens (including phenoxy) is 1. The summed E-state index contributed by atoms with van der Waals surface area (Å²) in [5, 5.41) is 3.37. The summed E-state index contributed by atoms with van der Waals surface area (Å²) in [5.74, 6) is 0.678. The Morgan fingerprint density at radius 3 is 2.83 bits per heavy atom. The Morgan fingerprint density at radius 1 is 1.29 bits per heavy atom. The van der Waals surface area contributed by atoms with E-state index < -0.39 is 0 Å². The van der Waals surface area contributed by atoms with Crippen molar-refractivity contribution < 1.29 is 9.53 Å². The van der Waals surface area contributed by atoms with Gasteiger partial charge in [0.25, 0.3) is 5.91 Å². The normalized spacial score (nSPS) is 17.4. The Morgan fingerprint density at radius 2 is 2.12 bits per heavy atom. The first-order valence-corrected chi connectivity index (χ1v) is 9.62. The fourth-order valence-corrected chi connectivity index (χ4v) is 4.06. The third-order valence-electron chi connectivity index (χ3n) is 3.16. The van der Waals surface area contributed by atoms with Gasteiger partial charge in [-0.1, -0.05) is 28.1 Å². The van der Waals surface area contributed by atoms with Crippen LogP contribution < -0.4 is 10.1 Å². The van der Waals surface area contributed by atoms with Gasteiger partial charge >= 0.3 is 0 Å². The highest BCUT2D eigenvalue weighted by Crippen LogP contribution is 2.30. The van der Waals surface area contributed by atoms with Gasteiger partial charge in [-0.25, -0.2) is 4.99 Å². The summed E-state index contributed by atoms with van der Waals surface area (Å²) in [5.41, 5.74) is 1.73. The molecule has 0 aliphatic carbocycles. The Hall–Kier alpha value is -1.32. The molecular weight excluding hydrogens is 503 g/mol. The van der Waals surface area contributed by atoms with E-state index in [2.05, 4.69) is 48.8 Å². The Labute approximate surface area is 166 Å². The topological polar surface area (TPSA) is 50.7 Å². The first-order chi connectivity index (χ1) is 11.5. The van der Waals surface area contributed by atoms with Gasteiger partial charge in [-0.05, 0) is 76.3 Å². The molecule has 0 radical (unpaired) electrons. The fourth-order valence-electron chi connectivity index (χ4n) is 2.07. The summed E-state index contributed by atoms with van der Waals surface area (Å²) in [7, 11) is 1.64. The average molecular weight is 515 g/mol. The summed E-state index contributed by atoms with van der Waals surface area (Å²) in [6, 6.07) is 13.4. The van der Waals surface area contributed by atoms with E-state index in [4.69, 9.17) is 4.74 Å². The first-order valence-electron chi connectivity index (χ1n) is 6.94. The number of nitrogens with zero attached hydrogens (tertiary/aromatic N) is 1. The van der Waals surface area contributed by atoms with Crippen molar-refractivity contribution in [1.29, 1.82) is 0 Å². The smallest absolute Gasteiger partial charge is 0.264 e. The molecule has 1 amide bonds. The molecule has 1 N–H and O–H groups in total. The number of hydrogen-bond donors (Lipinski definition) is 1. The number of thioether (sulfide) groups is 1. The molecule has 1 aliphatic heterocycles. The summed E-state index contributed by atoms with van der Waals surface area (Å²) >= 11 is 6.95. The zero-order valence-electron chi connectivity index (χ0n) is 12.5. The molecule has 1 fully saturated rings. The molecule has 24 heavy (non-hydrogen) atoms. The molecule has 1 heterocycles. The lowest BCUT2D eigenvalue weighted by atomic mass is 10.2. The molecule has 2 aromatic carbocycles. The minimum Gasteiger partial charge on any atom is -0.496 e. The third kappa shape index (κ3) is 4.20. The second-order valence-corrected chi connectivity index (χ2v) is 7.96. The van der Waals surface area contributed by atoms with Gasteiger partial charge in [0.05, 0.1) is 21.3 Å². The molecule has 0 atom stereocenters. The number of carbonyl (C=O) groups is 1. The molecule has 0 unspecified atom stereocenters. The number of benzene rings is 2. The Bertz CT molecular complexity index is 867. The van der Waals surface area contributed by atoms with Crippen LogP contribution in [0.4, 0.5) is 5.69 Å². The Kier molecular flexibility index (Phi) is 5.62. The first kappa shape index (κ1) is 17.5. The number of nitrogens with one attached hydrogen (secondary N) is 1. The highest BCUT2D eigenvalue weighted by molar-refractivity contribution is 14.1. The quantitative estimate of drug-likeness (QED) is 0.465. The van der Waals surface area contributed by atoms with Crippen LogP contribution in [0.3, 0.4) is 0 Å². The van der Waals surface area contributed by atoms with E-state index in [1.54, 1.807) is 7.11 Å². The van der Waals surface area contributed by atoms with Crippen LogP contribution in [-0.4, -0.2) is 18.2 Å². The van der Waals surface area contributed by atoms with Crippen LogP contribution >= 0.6 is 50.3 Å². The van der Waals surface area contributed by atoms with Crippen LogP contribution in [-0.2, 0) is 4.79 Å². The molecule has 0 bridgehead atoms. The van der Waals surface area contributed by atoms with Crippen molar-refractivity contribution in [1.82, 2.24) is 5.32 Å². The van der Waals surface area contributed by atoms with Crippen LogP contribution in [0, 0.1) is 3.57 Å². The molecule has 7 heteroatoms. The van der Waals surface area contributed by atoms with E-state index in [1.165, 1.54) is 11.8 Å². The number of methoxy groups -OCH3 is 1. The fraction of sp³-hybridized carbons (Fsp3) is 0.0588. The van der Waals surface area contributed by atoms with E-state index in [9.17, 15) is 4.79 Å². The van der Waals surface area contributed by atoms with Crippen molar-refractivity contribution in [2.24, 2.45) is 4.99 Å². The van der Waals surface area contributed by atoms with Gasteiger partial charge in [0.2, 0.25) is 0 Å². The van der Waals surface area contributed by atoms with Crippen molar-refractivity contribution in [3.63, 3.8) is 0 Å². The highest BCUT2D eigenvalue weighted by atomic mass is 127. The molecule has 2 aromatic rings. The maximum atomic E-state index is 12.1. The maximum absolute atomic E-state index is 12.1. The van der Waals surface area contributed by atoms with Crippen molar-refractivity contribution in [3.8, 4) is 5.75 Å². The molecule has 0 saturated carbocycles. The zero-order chi connectivity index (χ0) is 17.1. The molecular formula is C17H12BrIN2O2S. The van der Waals surface area contributed by atoms with Crippen LogP contribution in [0.25, 0.3) is 6.08 Å². The zero-order valence-corrected chi connectivity index (χ0v) is 17.1. The number of halogens is 2. The predicted octanol–water partition coefficient (Wildman–Crippen LogP) is 4.95. The van der Waals surface area contributed by atoms with Gasteiger partial charge in [-0.2, -0.15) is 0 Å². The second-order valence-electron chi connectivity index (χ2n) is 4.86. The van der Waals surface area contributed by atoms with E-state index in [0.717, 1.165) is 25.0 Å². The number of amides is 1. The number of aliphatic imine (C=N–C) groups is 1. The minimum atomic E-state index is -0.139. The van der Waals surface area contributed by atoms with Crippen LogP contribution in [0.5, 0.6) is 5.75 Å². The van der Waals surface area contributed by atoms with Crippen molar-refractivity contribution in [2.45, 2.75) is 0 Å². The van der Waals surface area contributed by atoms with E-state index in [-0.39, 0.29) is 5.91 Å². The number of amidine groups is 1. The van der Waals surface area contributed by atoms with Gasteiger partial charge in [0.15, 0.2) is 5.17 Å². The molecule has 1 aliphatic rings. The molecule has 1 saturated heterocycles. The summed E-state index contributed by atoms with van der Waals surface area (Å²) < 4.78 is 7.19. The lowest BCUT2D eigenvalue weighted by molar-refractivity contribution is -0.115. The van der Waals surface area contributed by atoms with Gasteiger partial charge in [0, 0.05) is 4.47 Å². The van der Waals surface area contributed by atoms with Crippen LogP contribution in [0.15, 0.2) is 56.8 Å². The van der Waals surface area contributed by atoms with Crippen molar-refractivity contribution in [3.05, 3.63) is 61.0 Å². The van der Waals surface area contributed by atoms with Gasteiger partial charge < -0.3 is 10.1 Å². The van der Waals surface area contributed by atoms with E-state index >= 15 is 0 Å². The third-order valence-corrected chi connectivity index (χ3v) is 5.41. The molecule has 3 rings (SSSR count). The van der Waals surface area contributed by atoms with E-state index in [1.807, 2.05) is 48.5 Å². The predicted molar refractivity (Wildman–Crippen MR) is 111 cm³/mol. The molecule has 4 nitrogen and oxygen atoms in total. The summed E-state index contributed by atoms with van der Waals surface area (Å²) in [6.07, 6.45) is 1.85. The van der Waals surface area contributed by atoms with E-state index in [0.29, 0.717) is 10.1 Å². The number of hydrogen-bond acceptors (Lipinski definition) is 4. The molecule has 122 valence electrons. The monoisotopic (exact) mass is 514 g/mol. The highest BCUT2D eigenvalue weighted by Gasteiger charge is 2.23. The van der Waals surface area contributed by atoms with Crippen LogP contribution in [0.1, 0.15) is 5.56 Å². The number of rotatable bonds is 3. The van der Waals surface area contributed by atoms with Gasteiger partial charge in [0.1, 0.15) is 5.75 Å². The minimum absolute atomic E-state index is 0.139. The SMILES string of the molecule is COc1ccc(C=C2SC(=Nc3cccc(Br)c3)NC2=O)cc1I. The average Bonchev–Trinajstić information content (AvgIpc) is 2.87. The maximum Gasteiger partial charge on any atom is 0.264 e. The lowest BCUT2D eigenvalue weighted by Crippen LogP contribution is -2.19. The van der Waals surface area contributed by atoms with Crippen molar-refractivity contribution >= 4 is 73.1 Å². The molecule has 0 aromatic heterocycles.